The van der Waals surface area contributed by atoms with Crippen LogP contribution in [0.5, 0.6) is 0 Å². The minimum Gasteiger partial charge on any atom is -0.469 e. The van der Waals surface area contributed by atoms with Gasteiger partial charge < -0.3 is 9.84 Å². The fourth-order valence-electron chi connectivity index (χ4n) is 1.12. The van der Waals surface area contributed by atoms with Crippen molar-refractivity contribution in [2.75, 3.05) is 7.11 Å². The minimum atomic E-state index is -0.427. The second-order valence-electron chi connectivity index (χ2n) is 3.49. The molecule has 3 nitrogen and oxygen atoms in total. The third kappa shape index (κ3) is 3.72. The third-order valence-electron chi connectivity index (χ3n) is 1.98. The topological polar surface area (TPSA) is 46.5 Å². The van der Waals surface area contributed by atoms with Gasteiger partial charge in [0.15, 0.2) is 0 Å². The van der Waals surface area contributed by atoms with Crippen LogP contribution in [0.1, 0.15) is 27.2 Å². The lowest BCUT2D eigenvalue weighted by molar-refractivity contribution is -0.142. The Labute approximate surface area is 73.7 Å². The molecule has 0 amide bonds. The molecule has 0 heterocycles. The number of aliphatic hydroxyl groups excluding tert-OH is 1. The van der Waals surface area contributed by atoms with Crippen LogP contribution in [-0.2, 0) is 9.53 Å². The van der Waals surface area contributed by atoms with E-state index >= 15 is 0 Å². The zero-order chi connectivity index (χ0) is 9.72. The lowest BCUT2D eigenvalue weighted by Crippen LogP contribution is -2.26. The summed E-state index contributed by atoms with van der Waals surface area (Å²) in [4.78, 5) is 10.8. The van der Waals surface area contributed by atoms with Crippen LogP contribution in [0.25, 0.3) is 0 Å². The van der Waals surface area contributed by atoms with Crippen LogP contribution in [-0.4, -0.2) is 24.3 Å². The zero-order valence-electron chi connectivity index (χ0n) is 8.20. The monoisotopic (exact) mass is 174 g/mol. The summed E-state index contributed by atoms with van der Waals surface area (Å²) in [6.07, 6.45) is -0.139. The van der Waals surface area contributed by atoms with Crippen molar-refractivity contribution in [3.8, 4) is 0 Å². The maximum Gasteiger partial charge on any atom is 0.305 e. The highest BCUT2D eigenvalue weighted by Gasteiger charge is 2.20. The van der Waals surface area contributed by atoms with E-state index in [2.05, 4.69) is 4.74 Å². The summed E-state index contributed by atoms with van der Waals surface area (Å²) < 4.78 is 4.50. The van der Waals surface area contributed by atoms with E-state index in [1.807, 2.05) is 20.8 Å². The van der Waals surface area contributed by atoms with E-state index in [-0.39, 0.29) is 24.2 Å². The van der Waals surface area contributed by atoms with Crippen LogP contribution in [0, 0.1) is 11.8 Å². The van der Waals surface area contributed by atoms with E-state index < -0.39 is 6.10 Å². The molecule has 0 aliphatic rings. The molecule has 0 aliphatic heterocycles. The van der Waals surface area contributed by atoms with E-state index in [0.717, 1.165) is 0 Å². The maximum atomic E-state index is 10.8. The average Bonchev–Trinajstić information content (AvgIpc) is 2.02. The number of ether oxygens (including phenoxy) is 1. The zero-order valence-corrected chi connectivity index (χ0v) is 8.20. The maximum absolute atomic E-state index is 10.8. The Bertz CT molecular complexity index is 143. The molecule has 0 aromatic carbocycles. The van der Waals surface area contributed by atoms with Gasteiger partial charge >= 0.3 is 5.97 Å². The highest BCUT2D eigenvalue weighted by molar-refractivity contribution is 5.69. The number of carbonyl (C=O) groups excluding carboxylic acids is 1. The highest BCUT2D eigenvalue weighted by Crippen LogP contribution is 2.15. The fraction of sp³-hybridized carbons (Fsp3) is 0.889. The lowest BCUT2D eigenvalue weighted by Gasteiger charge is -2.20. The number of methoxy groups -OCH3 is 1. The number of aliphatic hydroxyl groups is 1. The minimum absolute atomic E-state index is 0.0301. The van der Waals surface area contributed by atoms with Gasteiger partial charge in [-0.25, -0.2) is 0 Å². The summed E-state index contributed by atoms with van der Waals surface area (Å²) in [5.41, 5.74) is 0. The molecule has 1 N–H and O–H groups in total. The van der Waals surface area contributed by atoms with Gasteiger partial charge in [0, 0.05) is 0 Å². The Balaban J connectivity index is 3.86. The van der Waals surface area contributed by atoms with Crippen molar-refractivity contribution >= 4 is 5.97 Å². The van der Waals surface area contributed by atoms with Crippen LogP contribution in [0.4, 0.5) is 0 Å². The third-order valence-corrected chi connectivity index (χ3v) is 1.98. The highest BCUT2D eigenvalue weighted by atomic mass is 16.5. The molecule has 0 rings (SSSR count). The molecule has 0 fully saturated rings. The van der Waals surface area contributed by atoms with Crippen molar-refractivity contribution < 1.29 is 14.6 Å². The molecule has 0 bridgehead atoms. The molecule has 3 heteroatoms. The number of carbonyl (C=O) groups is 1. The van der Waals surface area contributed by atoms with Gasteiger partial charge in [0.05, 0.1) is 19.6 Å². The molecule has 0 radical (unpaired) electrons. The number of rotatable bonds is 4. The van der Waals surface area contributed by atoms with Gasteiger partial charge in [0.25, 0.3) is 0 Å². The average molecular weight is 174 g/mol. The summed E-state index contributed by atoms with van der Waals surface area (Å²) >= 11 is 0. The van der Waals surface area contributed by atoms with E-state index in [1.54, 1.807) is 0 Å². The lowest BCUT2D eigenvalue weighted by atomic mass is 9.92. The first-order valence-electron chi connectivity index (χ1n) is 4.24. The van der Waals surface area contributed by atoms with Crippen molar-refractivity contribution in [1.29, 1.82) is 0 Å². The Morgan fingerprint density at radius 3 is 2.25 bits per heavy atom. The van der Waals surface area contributed by atoms with Gasteiger partial charge in [0.2, 0.25) is 0 Å². The van der Waals surface area contributed by atoms with Gasteiger partial charge in [-0.15, -0.1) is 0 Å². The molecule has 2 unspecified atom stereocenters. The molecule has 72 valence electrons. The largest absolute Gasteiger partial charge is 0.469 e. The van der Waals surface area contributed by atoms with Crippen molar-refractivity contribution in [3.05, 3.63) is 0 Å². The van der Waals surface area contributed by atoms with Crippen LogP contribution in [0.2, 0.25) is 0 Å². The Kier molecular flexibility index (Phi) is 4.90. The Morgan fingerprint density at radius 2 is 1.92 bits per heavy atom. The van der Waals surface area contributed by atoms with Gasteiger partial charge in [-0.1, -0.05) is 20.8 Å². The smallest absolute Gasteiger partial charge is 0.305 e. The van der Waals surface area contributed by atoms with Crippen LogP contribution in [0.3, 0.4) is 0 Å². The second-order valence-corrected chi connectivity index (χ2v) is 3.49. The molecule has 0 spiro atoms. The molecule has 0 saturated heterocycles. The molecule has 12 heavy (non-hydrogen) atoms. The predicted octanol–water partition coefficient (Wildman–Crippen LogP) is 1.20. The summed E-state index contributed by atoms with van der Waals surface area (Å²) in [5.74, 6) is -0.107. The summed E-state index contributed by atoms with van der Waals surface area (Å²) in [5, 5.41) is 9.53. The first-order valence-corrected chi connectivity index (χ1v) is 4.24. The van der Waals surface area contributed by atoms with Gasteiger partial charge in [-0.05, 0) is 11.8 Å². The number of esters is 1. The molecule has 2 atom stereocenters. The van der Waals surface area contributed by atoms with E-state index in [9.17, 15) is 9.90 Å². The fourth-order valence-corrected chi connectivity index (χ4v) is 1.12. The normalized spacial score (nSPS) is 15.8. The predicted molar refractivity (Wildman–Crippen MR) is 46.6 cm³/mol. The van der Waals surface area contributed by atoms with Crippen LogP contribution >= 0.6 is 0 Å². The van der Waals surface area contributed by atoms with Crippen LogP contribution < -0.4 is 0 Å². The SMILES string of the molecule is COC(=O)CC(C)C(O)C(C)C. The van der Waals surface area contributed by atoms with Gasteiger partial charge in [-0.3, -0.25) is 4.79 Å². The summed E-state index contributed by atoms with van der Waals surface area (Å²) in [6, 6.07) is 0. The molecular formula is C9H18O3. The van der Waals surface area contributed by atoms with E-state index in [4.69, 9.17) is 0 Å². The van der Waals surface area contributed by atoms with E-state index in [0.29, 0.717) is 0 Å². The summed E-state index contributed by atoms with van der Waals surface area (Å²) in [7, 11) is 1.36. The molecule has 0 aromatic heterocycles. The van der Waals surface area contributed by atoms with Crippen LogP contribution in [0.15, 0.2) is 0 Å². The van der Waals surface area contributed by atoms with Crippen molar-refractivity contribution in [2.24, 2.45) is 11.8 Å². The van der Waals surface area contributed by atoms with Crippen molar-refractivity contribution in [1.82, 2.24) is 0 Å². The molecule has 0 aromatic rings. The first kappa shape index (κ1) is 11.4. The quantitative estimate of drug-likeness (QED) is 0.651. The van der Waals surface area contributed by atoms with Gasteiger partial charge in [-0.2, -0.15) is 0 Å². The van der Waals surface area contributed by atoms with Gasteiger partial charge in [0.1, 0.15) is 0 Å². The summed E-state index contributed by atoms with van der Waals surface area (Å²) in [6.45, 7) is 5.71. The first-order chi connectivity index (χ1) is 5.49. The molecular weight excluding hydrogens is 156 g/mol. The Morgan fingerprint density at radius 1 is 1.42 bits per heavy atom. The molecule has 0 aliphatic carbocycles. The molecule has 0 saturated carbocycles. The Hall–Kier alpha value is -0.570. The standard InChI is InChI=1S/C9H18O3/c1-6(2)9(11)7(3)5-8(10)12-4/h6-7,9,11H,5H2,1-4H3. The second kappa shape index (κ2) is 5.14. The van der Waals surface area contributed by atoms with E-state index in [1.165, 1.54) is 7.11 Å². The van der Waals surface area contributed by atoms with Crippen molar-refractivity contribution in [3.63, 3.8) is 0 Å². The number of hydrogen-bond acceptors (Lipinski definition) is 3. The van der Waals surface area contributed by atoms with Crippen molar-refractivity contribution in [2.45, 2.75) is 33.3 Å². The number of hydrogen-bond donors (Lipinski definition) is 1.